The number of nitrogen functional groups attached to an aromatic ring is 1. The van der Waals surface area contributed by atoms with E-state index in [0.717, 1.165) is 6.07 Å². The Morgan fingerprint density at radius 2 is 1.94 bits per heavy atom. The van der Waals surface area contributed by atoms with Crippen molar-refractivity contribution in [2.45, 2.75) is 6.54 Å². The highest BCUT2D eigenvalue weighted by Gasteiger charge is 2.06. The Bertz CT molecular complexity index is 573. The van der Waals surface area contributed by atoms with E-state index in [-0.39, 0.29) is 6.54 Å². The van der Waals surface area contributed by atoms with Gasteiger partial charge in [-0.15, -0.1) is 0 Å². The summed E-state index contributed by atoms with van der Waals surface area (Å²) in [6.45, 7) is 0.205. The third-order valence-corrected chi connectivity index (χ3v) is 2.87. The average molecular weight is 269 g/mol. The Morgan fingerprint density at radius 1 is 1.17 bits per heavy atom. The van der Waals surface area contributed by atoms with Crippen LogP contribution in [-0.4, -0.2) is 0 Å². The molecule has 0 aliphatic carbocycles. The first kappa shape index (κ1) is 12.6. The van der Waals surface area contributed by atoms with Gasteiger partial charge >= 0.3 is 0 Å². The normalized spacial score (nSPS) is 10.4. The van der Waals surface area contributed by atoms with Crippen molar-refractivity contribution in [1.29, 1.82) is 0 Å². The zero-order chi connectivity index (χ0) is 13.1. The molecule has 0 aromatic heterocycles. The van der Waals surface area contributed by atoms with E-state index >= 15 is 0 Å². The van der Waals surface area contributed by atoms with Gasteiger partial charge < -0.3 is 11.1 Å². The Balaban J connectivity index is 2.14. The molecule has 0 spiro atoms. The second-order valence-electron chi connectivity index (χ2n) is 3.79. The Hall–Kier alpha value is -1.81. The minimum Gasteiger partial charge on any atom is -0.396 e. The van der Waals surface area contributed by atoms with Crippen LogP contribution in [0.1, 0.15) is 5.56 Å². The number of halogens is 3. The van der Waals surface area contributed by atoms with Gasteiger partial charge in [-0.25, -0.2) is 8.78 Å². The third-order valence-electron chi connectivity index (χ3n) is 2.54. The molecule has 0 aliphatic heterocycles. The minimum absolute atomic E-state index is 0.205. The first-order valence-corrected chi connectivity index (χ1v) is 5.67. The van der Waals surface area contributed by atoms with Crippen molar-refractivity contribution in [3.05, 3.63) is 58.6 Å². The maximum atomic E-state index is 13.4. The summed E-state index contributed by atoms with van der Waals surface area (Å²) in [7, 11) is 0. The standard InChI is InChI=1S/C13H11ClF2N2/c14-10-2-1-3-12(13(10)17)18-7-8-4-5-9(15)6-11(8)16/h1-6,18H,7,17H2. The molecule has 3 N–H and O–H groups in total. The molecule has 0 bridgehead atoms. The van der Waals surface area contributed by atoms with E-state index in [9.17, 15) is 8.78 Å². The SMILES string of the molecule is Nc1c(Cl)cccc1NCc1ccc(F)cc1F. The average Bonchev–Trinajstić information content (AvgIpc) is 2.33. The molecular weight excluding hydrogens is 258 g/mol. The fourth-order valence-electron chi connectivity index (χ4n) is 1.55. The van der Waals surface area contributed by atoms with Gasteiger partial charge in [0.15, 0.2) is 0 Å². The second kappa shape index (κ2) is 5.23. The molecule has 2 aromatic rings. The molecule has 0 radical (unpaired) electrons. The van der Waals surface area contributed by atoms with Gasteiger partial charge in [0.1, 0.15) is 11.6 Å². The molecule has 0 aliphatic rings. The fourth-order valence-corrected chi connectivity index (χ4v) is 1.72. The number of rotatable bonds is 3. The van der Waals surface area contributed by atoms with E-state index in [4.69, 9.17) is 17.3 Å². The molecule has 2 nitrogen and oxygen atoms in total. The highest BCUT2D eigenvalue weighted by Crippen LogP contribution is 2.27. The summed E-state index contributed by atoms with van der Waals surface area (Å²) in [6, 6.07) is 8.59. The lowest BCUT2D eigenvalue weighted by atomic mass is 10.2. The number of hydrogen-bond acceptors (Lipinski definition) is 2. The predicted molar refractivity (Wildman–Crippen MR) is 69.5 cm³/mol. The molecule has 0 saturated heterocycles. The molecule has 0 fully saturated rings. The van der Waals surface area contributed by atoms with E-state index in [1.54, 1.807) is 18.2 Å². The van der Waals surface area contributed by atoms with Crippen LogP contribution in [0.2, 0.25) is 5.02 Å². The van der Waals surface area contributed by atoms with Crippen molar-refractivity contribution in [2.75, 3.05) is 11.1 Å². The maximum absolute atomic E-state index is 13.4. The molecule has 0 saturated carbocycles. The number of para-hydroxylation sites is 1. The first-order valence-electron chi connectivity index (χ1n) is 5.29. The lowest BCUT2D eigenvalue weighted by Gasteiger charge is -2.10. The smallest absolute Gasteiger partial charge is 0.131 e. The van der Waals surface area contributed by atoms with E-state index in [1.165, 1.54) is 12.1 Å². The Morgan fingerprint density at radius 3 is 2.67 bits per heavy atom. The highest BCUT2D eigenvalue weighted by atomic mass is 35.5. The summed E-state index contributed by atoms with van der Waals surface area (Å²) in [5, 5.41) is 3.39. The van der Waals surface area contributed by atoms with E-state index in [1.807, 2.05) is 0 Å². The van der Waals surface area contributed by atoms with Crippen molar-refractivity contribution in [3.63, 3.8) is 0 Å². The zero-order valence-electron chi connectivity index (χ0n) is 9.38. The quantitative estimate of drug-likeness (QED) is 0.831. The summed E-state index contributed by atoms with van der Waals surface area (Å²) in [4.78, 5) is 0. The molecule has 0 amide bonds. The van der Waals surface area contributed by atoms with Gasteiger partial charge in [0.2, 0.25) is 0 Å². The number of anilines is 2. The molecule has 94 valence electrons. The predicted octanol–water partition coefficient (Wildman–Crippen LogP) is 3.81. The summed E-state index contributed by atoms with van der Waals surface area (Å²) in [6.07, 6.45) is 0. The van der Waals surface area contributed by atoms with Crippen LogP contribution >= 0.6 is 11.6 Å². The largest absolute Gasteiger partial charge is 0.396 e. The van der Waals surface area contributed by atoms with Crippen LogP contribution in [0.25, 0.3) is 0 Å². The first-order chi connectivity index (χ1) is 8.58. The van der Waals surface area contributed by atoms with Gasteiger partial charge in [0.05, 0.1) is 16.4 Å². The van der Waals surface area contributed by atoms with Gasteiger partial charge in [-0.2, -0.15) is 0 Å². The monoisotopic (exact) mass is 268 g/mol. The van der Waals surface area contributed by atoms with Crippen molar-refractivity contribution >= 4 is 23.0 Å². The molecule has 0 unspecified atom stereocenters. The lowest BCUT2D eigenvalue weighted by Crippen LogP contribution is -2.04. The van der Waals surface area contributed by atoms with Crippen LogP contribution in [-0.2, 0) is 6.54 Å². The minimum atomic E-state index is -0.599. The molecule has 0 atom stereocenters. The van der Waals surface area contributed by atoms with Crippen LogP contribution in [0.5, 0.6) is 0 Å². The number of benzene rings is 2. The van der Waals surface area contributed by atoms with Crippen molar-refractivity contribution < 1.29 is 8.78 Å². The maximum Gasteiger partial charge on any atom is 0.131 e. The molecule has 5 heteroatoms. The Kier molecular flexibility index (Phi) is 3.67. The van der Waals surface area contributed by atoms with Gasteiger partial charge in [0.25, 0.3) is 0 Å². The molecule has 0 heterocycles. The summed E-state index contributed by atoms with van der Waals surface area (Å²) in [5.41, 5.74) is 7.14. The van der Waals surface area contributed by atoms with Crippen molar-refractivity contribution in [3.8, 4) is 0 Å². The summed E-state index contributed by atoms with van der Waals surface area (Å²) in [5.74, 6) is -1.19. The van der Waals surface area contributed by atoms with Gasteiger partial charge in [-0.3, -0.25) is 0 Å². The molecule has 2 rings (SSSR count). The van der Waals surface area contributed by atoms with E-state index in [2.05, 4.69) is 5.32 Å². The third kappa shape index (κ3) is 2.71. The van der Waals surface area contributed by atoms with Crippen molar-refractivity contribution in [1.82, 2.24) is 0 Å². The van der Waals surface area contributed by atoms with Crippen LogP contribution in [0.15, 0.2) is 36.4 Å². The fraction of sp³-hybridized carbons (Fsp3) is 0.0769. The summed E-state index contributed by atoms with van der Waals surface area (Å²) < 4.78 is 26.1. The van der Waals surface area contributed by atoms with Gasteiger partial charge in [-0.1, -0.05) is 23.7 Å². The summed E-state index contributed by atoms with van der Waals surface area (Å²) >= 11 is 5.86. The number of hydrogen-bond donors (Lipinski definition) is 2. The molecule has 2 aromatic carbocycles. The van der Waals surface area contributed by atoms with Gasteiger partial charge in [0, 0.05) is 18.2 Å². The molecule has 18 heavy (non-hydrogen) atoms. The second-order valence-corrected chi connectivity index (χ2v) is 4.20. The Labute approximate surface area is 108 Å². The van der Waals surface area contributed by atoms with Crippen LogP contribution < -0.4 is 11.1 Å². The lowest BCUT2D eigenvalue weighted by molar-refractivity contribution is 0.574. The topological polar surface area (TPSA) is 38.0 Å². The zero-order valence-corrected chi connectivity index (χ0v) is 10.1. The van der Waals surface area contributed by atoms with E-state index in [0.29, 0.717) is 22.0 Å². The number of nitrogens with one attached hydrogen (secondary N) is 1. The van der Waals surface area contributed by atoms with Gasteiger partial charge in [-0.05, 0) is 18.2 Å². The van der Waals surface area contributed by atoms with Crippen LogP contribution in [0, 0.1) is 11.6 Å². The van der Waals surface area contributed by atoms with Crippen LogP contribution in [0.4, 0.5) is 20.2 Å². The van der Waals surface area contributed by atoms with E-state index < -0.39 is 11.6 Å². The molecular formula is C13H11ClF2N2. The van der Waals surface area contributed by atoms with Crippen molar-refractivity contribution in [2.24, 2.45) is 0 Å². The number of nitrogens with two attached hydrogens (primary N) is 1. The highest BCUT2D eigenvalue weighted by molar-refractivity contribution is 6.33. The van der Waals surface area contributed by atoms with Crippen LogP contribution in [0.3, 0.4) is 0 Å².